The summed E-state index contributed by atoms with van der Waals surface area (Å²) in [6.07, 6.45) is 1.52. The number of aliphatic hydroxyl groups is 1. The van der Waals surface area contributed by atoms with E-state index in [1.165, 1.54) is 0 Å². The Bertz CT molecular complexity index is 698. The van der Waals surface area contributed by atoms with E-state index in [1.54, 1.807) is 11.2 Å². The average Bonchev–Trinajstić information content (AvgIpc) is 2.67. The zero-order valence-electron chi connectivity index (χ0n) is 15.6. The molecule has 1 saturated heterocycles. The minimum atomic E-state index is -3.10. The molecule has 146 valence electrons. The summed E-state index contributed by atoms with van der Waals surface area (Å²) in [6.45, 7) is 6.00. The third-order valence-electron chi connectivity index (χ3n) is 4.59. The number of sulfonamides is 1. The van der Waals surface area contributed by atoms with Crippen molar-refractivity contribution < 1.29 is 13.5 Å². The second-order valence-corrected chi connectivity index (χ2v) is 8.60. The van der Waals surface area contributed by atoms with Crippen LogP contribution in [0, 0.1) is 0 Å². The van der Waals surface area contributed by atoms with E-state index >= 15 is 0 Å². The van der Waals surface area contributed by atoms with Crippen LogP contribution in [0.4, 0.5) is 0 Å². The summed E-state index contributed by atoms with van der Waals surface area (Å²) in [5.74, 6) is 0.872. The maximum absolute atomic E-state index is 12.0. The number of aliphatic hydroxyl groups excluding tert-OH is 1. The normalized spacial score (nSPS) is 17.3. The molecule has 0 saturated carbocycles. The van der Waals surface area contributed by atoms with Crippen molar-refractivity contribution in [3.8, 4) is 0 Å². The van der Waals surface area contributed by atoms with Crippen molar-refractivity contribution in [1.82, 2.24) is 14.9 Å². The minimum absolute atomic E-state index is 0.0000235. The van der Waals surface area contributed by atoms with Gasteiger partial charge in [-0.2, -0.15) is 0 Å². The van der Waals surface area contributed by atoms with Crippen molar-refractivity contribution in [3.05, 3.63) is 35.4 Å². The molecule has 2 rings (SSSR count). The number of nitrogens with zero attached hydrogens (tertiary/aromatic N) is 2. The molecule has 3 N–H and O–H groups in total. The molecule has 1 aliphatic rings. The molecule has 0 spiro atoms. The van der Waals surface area contributed by atoms with E-state index in [1.807, 2.05) is 31.2 Å². The predicted molar refractivity (Wildman–Crippen MR) is 104 cm³/mol. The van der Waals surface area contributed by atoms with Crippen molar-refractivity contribution in [2.75, 3.05) is 25.4 Å². The fourth-order valence-electron chi connectivity index (χ4n) is 3.00. The van der Waals surface area contributed by atoms with Crippen LogP contribution >= 0.6 is 0 Å². The Labute approximate surface area is 156 Å². The summed E-state index contributed by atoms with van der Waals surface area (Å²) >= 11 is 0. The number of aliphatic imine (C=N–C) groups is 1. The molecule has 0 radical (unpaired) electrons. The lowest BCUT2D eigenvalue weighted by Crippen LogP contribution is -2.50. The summed E-state index contributed by atoms with van der Waals surface area (Å²) < 4.78 is 25.5. The molecule has 1 aromatic carbocycles. The van der Waals surface area contributed by atoms with Crippen LogP contribution in [0.15, 0.2) is 29.3 Å². The third kappa shape index (κ3) is 5.69. The summed E-state index contributed by atoms with van der Waals surface area (Å²) in [4.78, 5) is 4.62. The number of hydrogen-bond donors (Lipinski definition) is 3. The van der Waals surface area contributed by atoms with Gasteiger partial charge in [0.15, 0.2) is 5.96 Å². The van der Waals surface area contributed by atoms with Crippen LogP contribution in [0.2, 0.25) is 0 Å². The number of rotatable bonds is 7. The van der Waals surface area contributed by atoms with Crippen molar-refractivity contribution in [2.24, 2.45) is 4.99 Å². The maximum atomic E-state index is 12.0. The molecule has 8 heteroatoms. The molecular formula is C18H30N4O3S. The van der Waals surface area contributed by atoms with Crippen LogP contribution < -0.4 is 10.6 Å². The molecule has 0 amide bonds. The van der Waals surface area contributed by atoms with Crippen LogP contribution in [0.5, 0.6) is 0 Å². The van der Waals surface area contributed by atoms with Crippen molar-refractivity contribution in [2.45, 2.75) is 45.9 Å². The number of hydrogen-bond acceptors (Lipinski definition) is 4. The number of piperidine rings is 1. The SMILES string of the molecule is CCNC(=NCc1ccccc1CO)NC1CCN(S(=O)(=O)CC)CC1. The quantitative estimate of drug-likeness (QED) is 0.484. The van der Waals surface area contributed by atoms with Gasteiger partial charge >= 0.3 is 0 Å². The van der Waals surface area contributed by atoms with Crippen molar-refractivity contribution in [1.29, 1.82) is 0 Å². The van der Waals surface area contributed by atoms with Crippen LogP contribution in [-0.4, -0.2) is 55.2 Å². The molecule has 0 aliphatic carbocycles. The first kappa shape index (κ1) is 20.7. The van der Waals surface area contributed by atoms with Gasteiger partial charge in [0, 0.05) is 25.7 Å². The molecule has 1 aliphatic heterocycles. The van der Waals surface area contributed by atoms with Crippen molar-refractivity contribution in [3.63, 3.8) is 0 Å². The second-order valence-electron chi connectivity index (χ2n) is 6.34. The van der Waals surface area contributed by atoms with Crippen molar-refractivity contribution >= 4 is 16.0 Å². The molecule has 1 fully saturated rings. The summed E-state index contributed by atoms with van der Waals surface area (Å²) in [5.41, 5.74) is 1.88. The van der Waals surface area contributed by atoms with Gasteiger partial charge in [-0.15, -0.1) is 0 Å². The van der Waals surface area contributed by atoms with Gasteiger partial charge in [-0.25, -0.2) is 17.7 Å². The van der Waals surface area contributed by atoms with Gasteiger partial charge in [-0.1, -0.05) is 24.3 Å². The minimum Gasteiger partial charge on any atom is -0.392 e. The fourth-order valence-corrected chi connectivity index (χ4v) is 4.14. The van der Waals surface area contributed by atoms with Gasteiger partial charge in [0.2, 0.25) is 10.0 Å². The Morgan fingerprint density at radius 3 is 2.46 bits per heavy atom. The van der Waals surface area contributed by atoms with E-state index in [9.17, 15) is 13.5 Å². The smallest absolute Gasteiger partial charge is 0.213 e. The summed E-state index contributed by atoms with van der Waals surface area (Å²) in [7, 11) is -3.10. The molecule has 0 bridgehead atoms. The Balaban J connectivity index is 1.96. The van der Waals surface area contributed by atoms with Crippen LogP contribution in [-0.2, 0) is 23.2 Å². The van der Waals surface area contributed by atoms with Gasteiger partial charge in [-0.3, -0.25) is 0 Å². The fraction of sp³-hybridized carbons (Fsp3) is 0.611. The highest BCUT2D eigenvalue weighted by Gasteiger charge is 2.26. The largest absolute Gasteiger partial charge is 0.392 e. The predicted octanol–water partition coefficient (Wildman–Crippen LogP) is 1.05. The molecule has 0 aromatic heterocycles. The molecule has 0 atom stereocenters. The molecule has 0 unspecified atom stereocenters. The van der Waals surface area contributed by atoms with Gasteiger partial charge in [0.05, 0.1) is 18.9 Å². The molecule has 1 aromatic rings. The van der Waals surface area contributed by atoms with E-state index in [2.05, 4.69) is 15.6 Å². The average molecular weight is 383 g/mol. The lowest BCUT2D eigenvalue weighted by Gasteiger charge is -2.32. The standard InChI is InChI=1S/C18H30N4O3S/c1-3-19-18(20-13-15-7-5-6-8-16(15)14-23)21-17-9-11-22(12-10-17)26(24,25)4-2/h5-8,17,23H,3-4,9-14H2,1-2H3,(H2,19,20,21). The first-order chi connectivity index (χ1) is 12.5. The van der Waals surface area contributed by atoms with E-state index < -0.39 is 10.0 Å². The summed E-state index contributed by atoms with van der Waals surface area (Å²) in [6, 6.07) is 7.90. The summed E-state index contributed by atoms with van der Waals surface area (Å²) in [5, 5.41) is 16.1. The van der Waals surface area contributed by atoms with Gasteiger partial charge in [-0.05, 0) is 37.8 Å². The third-order valence-corrected chi connectivity index (χ3v) is 6.47. The first-order valence-corrected chi connectivity index (χ1v) is 10.8. The van der Waals surface area contributed by atoms with E-state index in [0.29, 0.717) is 19.6 Å². The highest BCUT2D eigenvalue weighted by atomic mass is 32.2. The van der Waals surface area contributed by atoms with E-state index in [4.69, 9.17) is 0 Å². The highest BCUT2D eigenvalue weighted by molar-refractivity contribution is 7.89. The lowest BCUT2D eigenvalue weighted by molar-refractivity contribution is 0.280. The Morgan fingerprint density at radius 2 is 1.88 bits per heavy atom. The van der Waals surface area contributed by atoms with Gasteiger partial charge in [0.25, 0.3) is 0 Å². The monoisotopic (exact) mass is 382 g/mol. The van der Waals surface area contributed by atoms with E-state index in [0.717, 1.165) is 36.5 Å². The number of benzene rings is 1. The Kier molecular flexibility index (Phi) is 7.86. The molecule has 26 heavy (non-hydrogen) atoms. The van der Waals surface area contributed by atoms with Crippen LogP contribution in [0.1, 0.15) is 37.8 Å². The highest BCUT2D eigenvalue weighted by Crippen LogP contribution is 2.15. The zero-order chi connectivity index (χ0) is 19.0. The van der Waals surface area contributed by atoms with Crippen LogP contribution in [0.25, 0.3) is 0 Å². The Morgan fingerprint density at radius 1 is 1.23 bits per heavy atom. The molecular weight excluding hydrogens is 352 g/mol. The van der Waals surface area contributed by atoms with Gasteiger partial charge < -0.3 is 15.7 Å². The Hall–Kier alpha value is -1.64. The maximum Gasteiger partial charge on any atom is 0.213 e. The molecule has 1 heterocycles. The zero-order valence-corrected chi connectivity index (χ0v) is 16.4. The number of nitrogens with one attached hydrogen (secondary N) is 2. The van der Waals surface area contributed by atoms with Crippen LogP contribution in [0.3, 0.4) is 0 Å². The van der Waals surface area contributed by atoms with E-state index in [-0.39, 0.29) is 18.4 Å². The lowest BCUT2D eigenvalue weighted by atomic mass is 10.1. The van der Waals surface area contributed by atoms with Gasteiger partial charge in [0.1, 0.15) is 0 Å². The first-order valence-electron chi connectivity index (χ1n) is 9.20. The second kappa shape index (κ2) is 9.89. The number of guanidine groups is 1. The molecule has 7 nitrogen and oxygen atoms in total. The topological polar surface area (TPSA) is 94.0 Å².